The Labute approximate surface area is 99.6 Å². The fourth-order valence-electron chi connectivity index (χ4n) is 2.09. The highest BCUT2D eigenvalue weighted by Gasteiger charge is 2.20. The van der Waals surface area contributed by atoms with Gasteiger partial charge in [0.15, 0.2) is 0 Å². The van der Waals surface area contributed by atoms with Crippen LogP contribution < -0.4 is 10.6 Å². The summed E-state index contributed by atoms with van der Waals surface area (Å²) in [7, 11) is 0. The minimum atomic E-state index is -0.421. The molecule has 0 amide bonds. The van der Waals surface area contributed by atoms with Crippen LogP contribution in [-0.4, -0.2) is 29.0 Å². The van der Waals surface area contributed by atoms with Gasteiger partial charge in [-0.3, -0.25) is 10.1 Å². The van der Waals surface area contributed by atoms with Gasteiger partial charge in [-0.25, -0.2) is 4.98 Å². The summed E-state index contributed by atoms with van der Waals surface area (Å²) in [5.41, 5.74) is 6.72. The molecule has 2 rings (SSSR count). The fraction of sp³-hybridized carbons (Fsp3) is 0.545. The Morgan fingerprint density at radius 2 is 2.18 bits per heavy atom. The number of pyridine rings is 1. The molecule has 92 valence electrons. The van der Waals surface area contributed by atoms with Gasteiger partial charge in [0.25, 0.3) is 5.69 Å². The molecule has 1 saturated heterocycles. The maximum absolute atomic E-state index is 10.6. The average molecular weight is 236 g/mol. The van der Waals surface area contributed by atoms with E-state index in [1.165, 1.54) is 6.20 Å². The highest BCUT2D eigenvalue weighted by Crippen LogP contribution is 2.24. The van der Waals surface area contributed by atoms with E-state index in [2.05, 4.69) is 9.88 Å². The molecule has 0 unspecified atom stereocenters. The van der Waals surface area contributed by atoms with Crippen LogP contribution in [0.25, 0.3) is 0 Å². The summed E-state index contributed by atoms with van der Waals surface area (Å²) in [4.78, 5) is 16.5. The molecule has 2 N–H and O–H groups in total. The number of nitrogens with two attached hydrogens (primary N) is 1. The highest BCUT2D eigenvalue weighted by molar-refractivity contribution is 5.50. The van der Waals surface area contributed by atoms with E-state index in [0.717, 1.165) is 37.3 Å². The number of hydrogen-bond acceptors (Lipinski definition) is 5. The van der Waals surface area contributed by atoms with E-state index in [4.69, 9.17) is 5.73 Å². The van der Waals surface area contributed by atoms with Gasteiger partial charge in [0.1, 0.15) is 12.0 Å². The first kappa shape index (κ1) is 11.8. The Morgan fingerprint density at radius 1 is 1.53 bits per heavy atom. The van der Waals surface area contributed by atoms with Gasteiger partial charge in [-0.15, -0.1) is 0 Å². The lowest BCUT2D eigenvalue weighted by Gasteiger charge is -2.31. The average Bonchev–Trinajstić information content (AvgIpc) is 2.30. The molecule has 0 atom stereocenters. The molecule has 6 heteroatoms. The molecule has 0 saturated carbocycles. The second-order valence-electron chi connectivity index (χ2n) is 4.42. The van der Waals surface area contributed by atoms with Crippen molar-refractivity contribution in [3.8, 4) is 0 Å². The van der Waals surface area contributed by atoms with Crippen molar-refractivity contribution < 1.29 is 4.92 Å². The van der Waals surface area contributed by atoms with Crippen LogP contribution in [0.15, 0.2) is 12.3 Å². The van der Waals surface area contributed by atoms with Crippen molar-refractivity contribution in [1.29, 1.82) is 0 Å². The molecule has 1 aromatic rings. The number of aryl methyl sites for hydroxylation is 1. The summed E-state index contributed by atoms with van der Waals surface area (Å²) >= 11 is 0. The van der Waals surface area contributed by atoms with Crippen LogP contribution in [0.3, 0.4) is 0 Å². The van der Waals surface area contributed by atoms with E-state index >= 15 is 0 Å². The standard InChI is InChI=1S/C11H16N4O2/c1-8-6-10(15(16)17)7-13-11(8)14-4-2-9(12)3-5-14/h6-7,9H,2-5,12H2,1H3. The Morgan fingerprint density at radius 3 is 2.71 bits per heavy atom. The normalized spacial score (nSPS) is 17.2. The zero-order chi connectivity index (χ0) is 12.4. The predicted molar refractivity (Wildman–Crippen MR) is 65.1 cm³/mol. The van der Waals surface area contributed by atoms with Gasteiger partial charge in [-0.1, -0.05) is 0 Å². The van der Waals surface area contributed by atoms with E-state index in [1.54, 1.807) is 6.07 Å². The van der Waals surface area contributed by atoms with Crippen LogP contribution in [0.5, 0.6) is 0 Å². The number of nitro groups is 1. The summed E-state index contributed by atoms with van der Waals surface area (Å²) in [5, 5.41) is 10.6. The van der Waals surface area contributed by atoms with Gasteiger partial charge < -0.3 is 10.6 Å². The number of rotatable bonds is 2. The molecule has 0 aromatic carbocycles. The summed E-state index contributed by atoms with van der Waals surface area (Å²) in [6.07, 6.45) is 3.20. The predicted octanol–water partition coefficient (Wildman–Crippen LogP) is 1.23. The third kappa shape index (κ3) is 2.52. The minimum absolute atomic E-state index is 0.0416. The molecule has 0 spiro atoms. The molecule has 0 aliphatic carbocycles. The van der Waals surface area contributed by atoms with Gasteiger partial charge >= 0.3 is 0 Å². The van der Waals surface area contributed by atoms with E-state index in [1.807, 2.05) is 6.92 Å². The van der Waals surface area contributed by atoms with Crippen molar-refractivity contribution in [1.82, 2.24) is 4.98 Å². The largest absolute Gasteiger partial charge is 0.356 e. The zero-order valence-electron chi connectivity index (χ0n) is 9.80. The topological polar surface area (TPSA) is 85.3 Å². The molecular formula is C11H16N4O2. The van der Waals surface area contributed by atoms with E-state index in [-0.39, 0.29) is 11.7 Å². The lowest BCUT2D eigenvalue weighted by Crippen LogP contribution is -2.40. The third-order valence-electron chi connectivity index (χ3n) is 3.09. The molecule has 1 aromatic heterocycles. The summed E-state index contributed by atoms with van der Waals surface area (Å²) in [6, 6.07) is 1.83. The van der Waals surface area contributed by atoms with Crippen LogP contribution in [0.2, 0.25) is 0 Å². The van der Waals surface area contributed by atoms with Gasteiger partial charge in [0, 0.05) is 25.2 Å². The first-order valence-electron chi connectivity index (χ1n) is 5.69. The van der Waals surface area contributed by atoms with E-state index in [0.29, 0.717) is 0 Å². The van der Waals surface area contributed by atoms with Gasteiger partial charge in [0.2, 0.25) is 0 Å². The summed E-state index contributed by atoms with van der Waals surface area (Å²) in [6.45, 7) is 3.59. The Bertz CT molecular complexity index is 427. The van der Waals surface area contributed by atoms with Crippen molar-refractivity contribution in [2.75, 3.05) is 18.0 Å². The van der Waals surface area contributed by atoms with Crippen LogP contribution >= 0.6 is 0 Å². The first-order valence-corrected chi connectivity index (χ1v) is 5.69. The Hall–Kier alpha value is -1.69. The van der Waals surface area contributed by atoms with Crippen molar-refractivity contribution in [3.63, 3.8) is 0 Å². The first-order chi connectivity index (χ1) is 8.08. The van der Waals surface area contributed by atoms with Crippen LogP contribution in [0.1, 0.15) is 18.4 Å². The van der Waals surface area contributed by atoms with Crippen molar-refractivity contribution in [2.24, 2.45) is 5.73 Å². The van der Waals surface area contributed by atoms with E-state index < -0.39 is 4.92 Å². The summed E-state index contributed by atoms with van der Waals surface area (Å²) in [5.74, 6) is 0.836. The Balaban J connectivity index is 2.19. The highest BCUT2D eigenvalue weighted by atomic mass is 16.6. The molecular weight excluding hydrogens is 220 g/mol. The van der Waals surface area contributed by atoms with Crippen LogP contribution in [-0.2, 0) is 0 Å². The van der Waals surface area contributed by atoms with Crippen LogP contribution in [0, 0.1) is 17.0 Å². The third-order valence-corrected chi connectivity index (χ3v) is 3.09. The molecule has 1 fully saturated rings. The lowest BCUT2D eigenvalue weighted by molar-refractivity contribution is -0.385. The number of aromatic nitrogens is 1. The summed E-state index contributed by atoms with van der Waals surface area (Å²) < 4.78 is 0. The second-order valence-corrected chi connectivity index (χ2v) is 4.42. The molecule has 0 bridgehead atoms. The molecule has 6 nitrogen and oxygen atoms in total. The van der Waals surface area contributed by atoms with Gasteiger partial charge in [-0.2, -0.15) is 0 Å². The fourth-order valence-corrected chi connectivity index (χ4v) is 2.09. The van der Waals surface area contributed by atoms with Gasteiger partial charge in [-0.05, 0) is 25.3 Å². The smallest absolute Gasteiger partial charge is 0.287 e. The monoisotopic (exact) mass is 236 g/mol. The number of hydrogen-bond donors (Lipinski definition) is 1. The van der Waals surface area contributed by atoms with Gasteiger partial charge in [0.05, 0.1) is 4.92 Å². The Kier molecular flexibility index (Phi) is 3.23. The SMILES string of the molecule is Cc1cc([N+](=O)[O-])cnc1N1CCC(N)CC1. The molecule has 0 radical (unpaired) electrons. The molecule has 1 aliphatic heterocycles. The second kappa shape index (κ2) is 4.67. The maximum Gasteiger partial charge on any atom is 0.287 e. The quantitative estimate of drug-likeness (QED) is 0.616. The van der Waals surface area contributed by atoms with Crippen molar-refractivity contribution in [2.45, 2.75) is 25.8 Å². The van der Waals surface area contributed by atoms with Crippen LogP contribution in [0.4, 0.5) is 11.5 Å². The minimum Gasteiger partial charge on any atom is -0.356 e. The molecule has 1 aliphatic rings. The van der Waals surface area contributed by atoms with E-state index in [9.17, 15) is 10.1 Å². The van der Waals surface area contributed by atoms with Crippen molar-refractivity contribution >= 4 is 11.5 Å². The number of piperidine rings is 1. The zero-order valence-corrected chi connectivity index (χ0v) is 9.80. The number of nitrogens with zero attached hydrogens (tertiary/aromatic N) is 3. The maximum atomic E-state index is 10.6. The number of anilines is 1. The molecule has 2 heterocycles. The lowest BCUT2D eigenvalue weighted by atomic mass is 10.1. The molecule has 17 heavy (non-hydrogen) atoms. The van der Waals surface area contributed by atoms with Crippen molar-refractivity contribution in [3.05, 3.63) is 27.9 Å².